The van der Waals surface area contributed by atoms with Crippen LogP contribution in [0.2, 0.25) is 0 Å². The Morgan fingerprint density at radius 2 is 2.21 bits per heavy atom. The minimum atomic E-state index is 0.0222. The minimum absolute atomic E-state index is 0.0222. The van der Waals surface area contributed by atoms with Gasteiger partial charge in [0.25, 0.3) is 0 Å². The molecule has 0 saturated carbocycles. The summed E-state index contributed by atoms with van der Waals surface area (Å²) in [5.74, 6) is 1.07. The number of aryl methyl sites for hydroxylation is 1. The normalized spacial score (nSPS) is 25.3. The molecule has 76 valence electrons. The van der Waals surface area contributed by atoms with E-state index in [0.717, 1.165) is 30.3 Å². The van der Waals surface area contributed by atoms with Gasteiger partial charge >= 0.3 is 0 Å². The zero-order valence-electron chi connectivity index (χ0n) is 8.42. The fraction of sp³-hybridized carbons (Fsp3) is 0.500. The van der Waals surface area contributed by atoms with Gasteiger partial charge in [0.2, 0.25) is 0 Å². The van der Waals surface area contributed by atoms with Gasteiger partial charge in [-0.15, -0.1) is 0 Å². The van der Waals surface area contributed by atoms with E-state index >= 15 is 0 Å². The van der Waals surface area contributed by atoms with Gasteiger partial charge in [-0.3, -0.25) is 0 Å². The molecule has 1 aliphatic heterocycles. The monoisotopic (exact) mass is 254 g/mol. The number of hydrogen-bond donors (Lipinski definition) is 0. The van der Waals surface area contributed by atoms with Crippen molar-refractivity contribution < 1.29 is 4.74 Å². The molecule has 14 heavy (non-hydrogen) atoms. The first-order chi connectivity index (χ1) is 6.79. The average Bonchev–Trinajstić information content (AvgIpc) is 2.28. The molecule has 0 aromatic heterocycles. The second-order valence-electron chi connectivity index (χ2n) is 3.88. The van der Waals surface area contributed by atoms with Crippen LogP contribution in [0.4, 0.5) is 0 Å². The van der Waals surface area contributed by atoms with Crippen molar-refractivity contribution >= 4 is 15.9 Å². The maximum absolute atomic E-state index is 6.07. The SMILES string of the molecule is CCC1(CBr)CCc2ccccc2O1. The number of para-hydroxylation sites is 1. The number of alkyl halides is 1. The van der Waals surface area contributed by atoms with Crippen molar-refractivity contribution in [3.05, 3.63) is 29.8 Å². The fourth-order valence-corrected chi connectivity index (χ4v) is 2.69. The molecule has 2 rings (SSSR count). The molecule has 0 saturated heterocycles. The van der Waals surface area contributed by atoms with Crippen LogP contribution in [0.15, 0.2) is 24.3 Å². The highest BCUT2D eigenvalue weighted by atomic mass is 79.9. The van der Waals surface area contributed by atoms with Gasteiger partial charge in [0.1, 0.15) is 11.4 Å². The van der Waals surface area contributed by atoms with Crippen molar-refractivity contribution in [1.82, 2.24) is 0 Å². The van der Waals surface area contributed by atoms with Crippen LogP contribution in [-0.2, 0) is 6.42 Å². The summed E-state index contributed by atoms with van der Waals surface area (Å²) >= 11 is 3.56. The third-order valence-corrected chi connectivity index (χ3v) is 4.06. The lowest BCUT2D eigenvalue weighted by molar-refractivity contribution is 0.0673. The van der Waals surface area contributed by atoms with Gasteiger partial charge in [-0.1, -0.05) is 41.1 Å². The maximum atomic E-state index is 6.07. The Morgan fingerprint density at radius 1 is 1.43 bits per heavy atom. The Morgan fingerprint density at radius 3 is 2.93 bits per heavy atom. The molecule has 1 heterocycles. The first-order valence-electron chi connectivity index (χ1n) is 5.12. The Balaban J connectivity index is 2.28. The lowest BCUT2D eigenvalue weighted by atomic mass is 9.90. The molecular formula is C12H15BrO. The molecule has 1 nitrogen and oxygen atoms in total. The summed E-state index contributed by atoms with van der Waals surface area (Å²) in [5, 5.41) is 0.921. The third kappa shape index (κ3) is 1.68. The van der Waals surface area contributed by atoms with Gasteiger partial charge in [0, 0.05) is 5.33 Å². The molecule has 1 atom stereocenters. The smallest absolute Gasteiger partial charge is 0.123 e. The van der Waals surface area contributed by atoms with Crippen LogP contribution in [0.1, 0.15) is 25.3 Å². The first kappa shape index (κ1) is 10.0. The molecular weight excluding hydrogens is 240 g/mol. The predicted molar refractivity (Wildman–Crippen MR) is 62.2 cm³/mol. The first-order valence-corrected chi connectivity index (χ1v) is 6.25. The fourth-order valence-electron chi connectivity index (χ4n) is 1.89. The standard InChI is InChI=1S/C12H15BrO/c1-2-12(9-13)8-7-10-5-3-4-6-11(10)14-12/h3-6H,2,7-9H2,1H3. The molecule has 0 N–H and O–H groups in total. The highest BCUT2D eigenvalue weighted by Crippen LogP contribution is 2.35. The van der Waals surface area contributed by atoms with Gasteiger partial charge in [-0.2, -0.15) is 0 Å². The molecule has 0 aliphatic carbocycles. The second-order valence-corrected chi connectivity index (χ2v) is 4.44. The number of hydrogen-bond acceptors (Lipinski definition) is 1. The van der Waals surface area contributed by atoms with Gasteiger partial charge in [-0.25, -0.2) is 0 Å². The second kappa shape index (κ2) is 3.93. The van der Waals surface area contributed by atoms with E-state index in [1.165, 1.54) is 5.56 Å². The quantitative estimate of drug-likeness (QED) is 0.734. The number of rotatable bonds is 2. The van der Waals surface area contributed by atoms with Crippen LogP contribution in [0.25, 0.3) is 0 Å². The van der Waals surface area contributed by atoms with E-state index in [2.05, 4.69) is 41.1 Å². The molecule has 1 unspecified atom stereocenters. The average molecular weight is 255 g/mol. The van der Waals surface area contributed by atoms with Crippen LogP contribution in [0.5, 0.6) is 5.75 Å². The number of benzene rings is 1. The Bertz CT molecular complexity index is 318. The van der Waals surface area contributed by atoms with Crippen LogP contribution in [0.3, 0.4) is 0 Å². The molecule has 0 fully saturated rings. The molecule has 0 radical (unpaired) electrons. The van der Waals surface area contributed by atoms with E-state index in [0.29, 0.717) is 0 Å². The van der Waals surface area contributed by atoms with Crippen molar-refractivity contribution in [2.75, 3.05) is 5.33 Å². The summed E-state index contributed by atoms with van der Waals surface area (Å²) in [7, 11) is 0. The predicted octanol–water partition coefficient (Wildman–Crippen LogP) is 3.56. The molecule has 0 bridgehead atoms. The number of ether oxygens (including phenoxy) is 1. The van der Waals surface area contributed by atoms with Gasteiger partial charge in [0.15, 0.2) is 0 Å². The van der Waals surface area contributed by atoms with Gasteiger partial charge in [0.05, 0.1) is 0 Å². The molecule has 1 aromatic rings. The summed E-state index contributed by atoms with van der Waals surface area (Å²) in [6, 6.07) is 8.35. The van der Waals surface area contributed by atoms with E-state index in [4.69, 9.17) is 4.74 Å². The largest absolute Gasteiger partial charge is 0.486 e. The van der Waals surface area contributed by atoms with E-state index in [9.17, 15) is 0 Å². The summed E-state index contributed by atoms with van der Waals surface area (Å²) in [5.41, 5.74) is 1.37. The zero-order valence-corrected chi connectivity index (χ0v) is 10.0. The lowest BCUT2D eigenvalue weighted by Crippen LogP contribution is -2.40. The highest BCUT2D eigenvalue weighted by Gasteiger charge is 2.33. The molecule has 0 amide bonds. The summed E-state index contributed by atoms with van der Waals surface area (Å²) in [6.07, 6.45) is 3.31. The molecule has 1 aliphatic rings. The number of halogens is 1. The van der Waals surface area contributed by atoms with Crippen molar-refractivity contribution in [2.45, 2.75) is 31.8 Å². The number of fused-ring (bicyclic) bond motifs is 1. The molecule has 0 spiro atoms. The Labute approximate surface area is 93.6 Å². The van der Waals surface area contributed by atoms with Crippen molar-refractivity contribution in [3.63, 3.8) is 0 Å². The maximum Gasteiger partial charge on any atom is 0.123 e. The summed E-state index contributed by atoms with van der Waals surface area (Å²) in [4.78, 5) is 0. The van der Waals surface area contributed by atoms with E-state index < -0.39 is 0 Å². The summed E-state index contributed by atoms with van der Waals surface area (Å²) < 4.78 is 6.07. The van der Waals surface area contributed by atoms with E-state index in [-0.39, 0.29) is 5.60 Å². The van der Waals surface area contributed by atoms with Crippen LogP contribution < -0.4 is 4.74 Å². The van der Waals surface area contributed by atoms with E-state index in [1.807, 2.05) is 6.07 Å². The van der Waals surface area contributed by atoms with Crippen molar-refractivity contribution in [3.8, 4) is 5.75 Å². The van der Waals surface area contributed by atoms with Gasteiger partial charge in [-0.05, 0) is 30.9 Å². The van der Waals surface area contributed by atoms with Crippen molar-refractivity contribution in [1.29, 1.82) is 0 Å². The zero-order chi connectivity index (χ0) is 10.0. The lowest BCUT2D eigenvalue weighted by Gasteiger charge is -2.36. The molecule has 2 heteroatoms. The minimum Gasteiger partial charge on any atom is -0.486 e. The third-order valence-electron chi connectivity index (χ3n) is 3.04. The highest BCUT2D eigenvalue weighted by molar-refractivity contribution is 9.09. The van der Waals surface area contributed by atoms with Gasteiger partial charge < -0.3 is 4.74 Å². The Kier molecular flexibility index (Phi) is 2.82. The van der Waals surface area contributed by atoms with E-state index in [1.54, 1.807) is 0 Å². The van der Waals surface area contributed by atoms with Crippen molar-refractivity contribution in [2.24, 2.45) is 0 Å². The van der Waals surface area contributed by atoms with Crippen LogP contribution >= 0.6 is 15.9 Å². The summed E-state index contributed by atoms with van der Waals surface area (Å²) in [6.45, 7) is 2.19. The van der Waals surface area contributed by atoms with Crippen LogP contribution in [-0.4, -0.2) is 10.9 Å². The topological polar surface area (TPSA) is 9.23 Å². The Hall–Kier alpha value is -0.500. The molecule has 1 aromatic carbocycles. The van der Waals surface area contributed by atoms with Crippen LogP contribution in [0, 0.1) is 0 Å².